The second-order valence-corrected chi connectivity index (χ2v) is 3.43. The Kier molecular flexibility index (Phi) is 3.13. The number of aromatic nitrogens is 3. The van der Waals surface area contributed by atoms with Gasteiger partial charge in [0.2, 0.25) is 0 Å². The molecule has 0 unspecified atom stereocenters. The molecule has 5 heteroatoms. The molecular weight excluding hydrogens is 214 g/mol. The fourth-order valence-corrected chi connectivity index (χ4v) is 1.58. The van der Waals surface area contributed by atoms with Crippen LogP contribution in [0.4, 0.5) is 0 Å². The fourth-order valence-electron chi connectivity index (χ4n) is 1.58. The van der Waals surface area contributed by atoms with E-state index < -0.39 is 0 Å². The Morgan fingerprint density at radius 3 is 2.59 bits per heavy atom. The normalized spacial score (nSPS) is 9.53. The van der Waals surface area contributed by atoms with Crippen molar-refractivity contribution in [2.75, 3.05) is 0 Å². The molecule has 2 rings (SSSR count). The Morgan fingerprint density at radius 2 is 1.94 bits per heavy atom. The summed E-state index contributed by atoms with van der Waals surface area (Å²) in [5.41, 5.74) is 2.47. The van der Waals surface area contributed by atoms with E-state index in [-0.39, 0.29) is 13.0 Å². The van der Waals surface area contributed by atoms with E-state index in [1.165, 1.54) is 0 Å². The van der Waals surface area contributed by atoms with Gasteiger partial charge < -0.3 is 0 Å². The van der Waals surface area contributed by atoms with Crippen LogP contribution in [0.5, 0.6) is 0 Å². The molecule has 2 heterocycles. The van der Waals surface area contributed by atoms with Gasteiger partial charge in [-0.1, -0.05) is 0 Å². The van der Waals surface area contributed by atoms with Gasteiger partial charge >= 0.3 is 0 Å². The number of hydrogen-bond acceptors (Lipinski definition) is 4. The number of rotatable bonds is 3. The maximum absolute atomic E-state index is 8.77. The number of nitriles is 2. The van der Waals surface area contributed by atoms with E-state index in [0.717, 1.165) is 16.8 Å². The van der Waals surface area contributed by atoms with Gasteiger partial charge in [-0.25, -0.2) is 0 Å². The van der Waals surface area contributed by atoms with Gasteiger partial charge in [0.15, 0.2) is 0 Å². The highest BCUT2D eigenvalue weighted by Crippen LogP contribution is 2.21. The van der Waals surface area contributed by atoms with Gasteiger partial charge in [-0.05, 0) is 12.1 Å². The third-order valence-electron chi connectivity index (χ3n) is 2.29. The fraction of sp³-hybridized carbons (Fsp3) is 0.167. The standard InChI is InChI=1S/C12H9N5/c13-4-1-11-9-17(8-5-14)16-12(11)10-2-6-15-7-3-10/h2-3,6-7,9H,1,8H2. The molecule has 17 heavy (non-hydrogen) atoms. The smallest absolute Gasteiger partial charge is 0.128 e. The average molecular weight is 223 g/mol. The summed E-state index contributed by atoms with van der Waals surface area (Å²) >= 11 is 0. The van der Waals surface area contributed by atoms with Crippen LogP contribution in [0.3, 0.4) is 0 Å². The monoisotopic (exact) mass is 223 g/mol. The van der Waals surface area contributed by atoms with Crippen LogP contribution in [0.25, 0.3) is 11.3 Å². The van der Waals surface area contributed by atoms with Gasteiger partial charge in [0.25, 0.3) is 0 Å². The SMILES string of the molecule is N#CCc1cn(CC#N)nc1-c1ccncc1. The van der Waals surface area contributed by atoms with Crippen LogP contribution in [0, 0.1) is 22.7 Å². The third kappa shape index (κ3) is 2.30. The van der Waals surface area contributed by atoms with Crippen LogP contribution < -0.4 is 0 Å². The van der Waals surface area contributed by atoms with E-state index in [0.29, 0.717) is 0 Å². The molecule has 0 aromatic carbocycles. The summed E-state index contributed by atoms with van der Waals surface area (Å²) in [7, 11) is 0. The van der Waals surface area contributed by atoms with Crippen LogP contribution in [-0.4, -0.2) is 14.8 Å². The molecule has 0 radical (unpaired) electrons. The van der Waals surface area contributed by atoms with Crippen LogP contribution in [0.2, 0.25) is 0 Å². The highest BCUT2D eigenvalue weighted by Gasteiger charge is 2.10. The summed E-state index contributed by atoms with van der Waals surface area (Å²) in [5.74, 6) is 0. The van der Waals surface area contributed by atoms with E-state index in [2.05, 4.69) is 16.2 Å². The van der Waals surface area contributed by atoms with E-state index in [9.17, 15) is 0 Å². The predicted octanol–water partition coefficient (Wildman–Crippen LogP) is 1.53. The van der Waals surface area contributed by atoms with Gasteiger partial charge in [0, 0.05) is 29.7 Å². The highest BCUT2D eigenvalue weighted by molar-refractivity contribution is 5.62. The molecule has 82 valence electrons. The summed E-state index contributed by atoms with van der Waals surface area (Å²) in [6.07, 6.45) is 5.37. The van der Waals surface area contributed by atoms with E-state index in [4.69, 9.17) is 10.5 Å². The van der Waals surface area contributed by atoms with Crippen molar-refractivity contribution in [3.05, 3.63) is 36.3 Å². The van der Waals surface area contributed by atoms with Crippen molar-refractivity contribution < 1.29 is 0 Å². The lowest BCUT2D eigenvalue weighted by atomic mass is 10.1. The van der Waals surface area contributed by atoms with Crippen LogP contribution in [0.1, 0.15) is 5.56 Å². The summed E-state index contributed by atoms with van der Waals surface area (Å²) < 4.78 is 1.54. The molecule has 0 fully saturated rings. The van der Waals surface area contributed by atoms with Crippen molar-refractivity contribution in [3.8, 4) is 23.4 Å². The third-order valence-corrected chi connectivity index (χ3v) is 2.29. The van der Waals surface area contributed by atoms with Gasteiger partial charge in [-0.3, -0.25) is 9.67 Å². The Labute approximate surface area is 98.6 Å². The van der Waals surface area contributed by atoms with Crippen molar-refractivity contribution >= 4 is 0 Å². The van der Waals surface area contributed by atoms with Crippen LogP contribution in [-0.2, 0) is 13.0 Å². The zero-order valence-corrected chi connectivity index (χ0v) is 9.04. The average Bonchev–Trinajstić information content (AvgIpc) is 2.74. The molecule has 0 aliphatic rings. The van der Waals surface area contributed by atoms with Gasteiger partial charge in [0.1, 0.15) is 6.54 Å². The number of nitrogens with zero attached hydrogens (tertiary/aromatic N) is 5. The number of hydrogen-bond donors (Lipinski definition) is 0. The molecule has 2 aromatic heterocycles. The quantitative estimate of drug-likeness (QED) is 0.790. The summed E-state index contributed by atoms with van der Waals surface area (Å²) in [5, 5.41) is 21.7. The van der Waals surface area contributed by atoms with Gasteiger partial charge in [-0.15, -0.1) is 0 Å². The molecule has 0 bridgehead atoms. The maximum atomic E-state index is 8.77. The zero-order valence-electron chi connectivity index (χ0n) is 9.04. The Balaban J connectivity index is 2.46. The number of pyridine rings is 1. The first-order valence-corrected chi connectivity index (χ1v) is 5.05. The lowest BCUT2D eigenvalue weighted by molar-refractivity contribution is 0.712. The lowest BCUT2D eigenvalue weighted by Crippen LogP contribution is -1.95. The van der Waals surface area contributed by atoms with E-state index >= 15 is 0 Å². The van der Waals surface area contributed by atoms with Crippen molar-refractivity contribution in [1.82, 2.24) is 14.8 Å². The second kappa shape index (κ2) is 4.91. The minimum absolute atomic E-state index is 0.184. The second-order valence-electron chi connectivity index (χ2n) is 3.43. The minimum atomic E-state index is 0.184. The van der Waals surface area contributed by atoms with Crippen LogP contribution in [0.15, 0.2) is 30.7 Å². The molecule has 2 aromatic rings. The molecule has 0 N–H and O–H groups in total. The molecule has 0 spiro atoms. The first-order valence-electron chi connectivity index (χ1n) is 5.05. The first kappa shape index (κ1) is 10.8. The minimum Gasteiger partial charge on any atom is -0.265 e. The Hall–Kier alpha value is -2.66. The van der Waals surface area contributed by atoms with Gasteiger partial charge in [0.05, 0.1) is 24.3 Å². The molecule has 0 saturated heterocycles. The largest absolute Gasteiger partial charge is 0.265 e. The summed E-state index contributed by atoms with van der Waals surface area (Å²) in [6, 6.07) is 7.79. The van der Waals surface area contributed by atoms with E-state index in [1.54, 1.807) is 23.3 Å². The molecule has 5 nitrogen and oxygen atoms in total. The van der Waals surface area contributed by atoms with Gasteiger partial charge in [-0.2, -0.15) is 15.6 Å². The molecule has 0 aliphatic heterocycles. The van der Waals surface area contributed by atoms with Crippen LogP contribution >= 0.6 is 0 Å². The predicted molar refractivity (Wildman–Crippen MR) is 60.4 cm³/mol. The topological polar surface area (TPSA) is 78.3 Å². The molecule has 0 amide bonds. The lowest BCUT2D eigenvalue weighted by Gasteiger charge is -1.97. The Morgan fingerprint density at radius 1 is 1.18 bits per heavy atom. The van der Waals surface area contributed by atoms with Crippen molar-refractivity contribution in [3.63, 3.8) is 0 Å². The Bertz CT molecular complexity index is 586. The first-order chi connectivity index (χ1) is 8.35. The van der Waals surface area contributed by atoms with Crippen molar-refractivity contribution in [2.45, 2.75) is 13.0 Å². The zero-order chi connectivity index (χ0) is 12.1. The molecule has 0 aliphatic carbocycles. The summed E-state index contributed by atoms with van der Waals surface area (Å²) in [4.78, 5) is 3.94. The maximum Gasteiger partial charge on any atom is 0.128 e. The highest BCUT2D eigenvalue weighted by atomic mass is 15.3. The van der Waals surface area contributed by atoms with E-state index in [1.807, 2.05) is 18.2 Å². The van der Waals surface area contributed by atoms with Crippen molar-refractivity contribution in [2.24, 2.45) is 0 Å². The van der Waals surface area contributed by atoms with Crippen molar-refractivity contribution in [1.29, 1.82) is 10.5 Å². The molecular formula is C12H9N5. The molecule has 0 saturated carbocycles. The molecule has 0 atom stereocenters. The summed E-state index contributed by atoms with van der Waals surface area (Å²) in [6.45, 7) is 0.184.